The van der Waals surface area contributed by atoms with Crippen molar-refractivity contribution >= 4 is 22.6 Å². The average molecular weight is 475 g/mol. The maximum atomic E-state index is 15.1. The van der Waals surface area contributed by atoms with Crippen LogP contribution < -0.4 is 16.6 Å². The van der Waals surface area contributed by atoms with Gasteiger partial charge in [-0.3, -0.25) is 23.6 Å². The highest BCUT2D eigenvalue weighted by Gasteiger charge is 2.25. The molecule has 2 aromatic rings. The van der Waals surface area contributed by atoms with Crippen LogP contribution in [0.15, 0.2) is 21.7 Å². The predicted octanol–water partition coefficient (Wildman–Crippen LogP) is 3.57. The molecule has 0 bridgehead atoms. The molecule has 34 heavy (non-hydrogen) atoms. The molecule has 0 unspecified atom stereocenters. The van der Waals surface area contributed by atoms with E-state index in [4.69, 9.17) is 5.11 Å². The van der Waals surface area contributed by atoms with E-state index >= 15 is 4.39 Å². The van der Waals surface area contributed by atoms with Gasteiger partial charge >= 0.3 is 11.7 Å². The number of nitrogens with one attached hydrogen (secondary N) is 1. The largest absolute Gasteiger partial charge is 0.480 e. The van der Waals surface area contributed by atoms with Gasteiger partial charge in [0.15, 0.2) is 0 Å². The van der Waals surface area contributed by atoms with Crippen molar-refractivity contribution in [2.45, 2.75) is 83.3 Å². The molecule has 8 nitrogen and oxygen atoms in total. The lowest BCUT2D eigenvalue weighted by atomic mass is 9.95. The van der Waals surface area contributed by atoms with Crippen molar-refractivity contribution in [3.63, 3.8) is 0 Å². The van der Waals surface area contributed by atoms with Gasteiger partial charge in [-0.15, -0.1) is 0 Å². The highest BCUT2D eigenvalue weighted by molar-refractivity contribution is 5.82. The fourth-order valence-electron chi connectivity index (χ4n) is 5.47. The molecule has 2 fully saturated rings. The van der Waals surface area contributed by atoms with Crippen LogP contribution in [-0.2, 0) is 11.3 Å². The fourth-order valence-corrected chi connectivity index (χ4v) is 5.47. The van der Waals surface area contributed by atoms with Crippen LogP contribution >= 0.6 is 0 Å². The Morgan fingerprint density at radius 1 is 1.12 bits per heavy atom. The van der Waals surface area contributed by atoms with Crippen molar-refractivity contribution in [3.05, 3.63) is 38.8 Å². The zero-order valence-electron chi connectivity index (χ0n) is 19.9. The molecular formula is C25H35FN4O4. The number of carbonyl (C=O) groups is 1. The minimum atomic E-state index is -0.962. The number of aromatic nitrogens is 2. The van der Waals surface area contributed by atoms with Crippen molar-refractivity contribution in [1.29, 1.82) is 0 Å². The van der Waals surface area contributed by atoms with E-state index in [0.717, 1.165) is 55.9 Å². The third-order valence-corrected chi connectivity index (χ3v) is 7.36. The summed E-state index contributed by atoms with van der Waals surface area (Å²) in [6, 6.07) is 3.07. The lowest BCUT2D eigenvalue weighted by Gasteiger charge is -2.25. The van der Waals surface area contributed by atoms with E-state index in [9.17, 15) is 14.4 Å². The molecule has 2 N–H and O–H groups in total. The Labute approximate surface area is 198 Å². The number of hydrogen-bond acceptors (Lipinski definition) is 5. The summed E-state index contributed by atoms with van der Waals surface area (Å²) >= 11 is 0. The number of rotatable bonds is 9. The monoisotopic (exact) mass is 474 g/mol. The summed E-state index contributed by atoms with van der Waals surface area (Å²) in [5.74, 6) is -1.45. The zero-order valence-corrected chi connectivity index (χ0v) is 19.9. The molecule has 0 aliphatic heterocycles. The summed E-state index contributed by atoms with van der Waals surface area (Å²) in [7, 11) is 0. The summed E-state index contributed by atoms with van der Waals surface area (Å²) in [6.45, 7) is 2.46. The molecule has 2 aliphatic rings. The Balaban J connectivity index is 1.77. The molecule has 0 atom stereocenters. The lowest BCUT2D eigenvalue weighted by molar-refractivity contribution is -0.138. The van der Waals surface area contributed by atoms with E-state index in [2.05, 4.69) is 5.32 Å². The van der Waals surface area contributed by atoms with E-state index in [1.165, 1.54) is 12.5 Å². The SMILES string of the molecule is CCN(CCn1c(=O)c2cc(F)c(NC3CCCCC3)cc2n(C2CCCC2)c1=O)CC(=O)O. The zero-order chi connectivity index (χ0) is 24.2. The van der Waals surface area contributed by atoms with Gasteiger partial charge in [-0.05, 0) is 44.4 Å². The van der Waals surface area contributed by atoms with Crippen LogP contribution in [0, 0.1) is 5.82 Å². The first kappa shape index (κ1) is 24.4. The second kappa shape index (κ2) is 10.7. The van der Waals surface area contributed by atoms with Crippen molar-refractivity contribution in [3.8, 4) is 0 Å². The van der Waals surface area contributed by atoms with E-state index in [-0.39, 0.29) is 37.1 Å². The van der Waals surface area contributed by atoms with E-state index in [0.29, 0.717) is 17.7 Å². The maximum absolute atomic E-state index is 15.1. The Bertz CT molecular complexity index is 1150. The fraction of sp³-hybridized carbons (Fsp3) is 0.640. The first-order valence-electron chi connectivity index (χ1n) is 12.6. The molecule has 1 aromatic carbocycles. The van der Waals surface area contributed by atoms with Gasteiger partial charge in [0.25, 0.3) is 5.56 Å². The molecule has 2 aliphatic carbocycles. The number of benzene rings is 1. The van der Waals surface area contributed by atoms with Crippen LogP contribution in [0.5, 0.6) is 0 Å². The van der Waals surface area contributed by atoms with Gasteiger partial charge in [0.05, 0.1) is 23.1 Å². The number of likely N-dealkylation sites (N-methyl/N-ethyl adjacent to an activating group) is 1. The van der Waals surface area contributed by atoms with Crippen molar-refractivity contribution in [2.75, 3.05) is 25.0 Å². The first-order valence-corrected chi connectivity index (χ1v) is 12.6. The van der Waals surface area contributed by atoms with Crippen LogP contribution in [0.3, 0.4) is 0 Å². The summed E-state index contributed by atoms with van der Waals surface area (Å²) < 4.78 is 18.0. The number of carboxylic acid groups (broad SMARTS) is 1. The van der Waals surface area contributed by atoms with Crippen LogP contribution in [-0.4, -0.2) is 50.8 Å². The number of fused-ring (bicyclic) bond motifs is 1. The number of anilines is 1. The molecule has 0 saturated heterocycles. The van der Waals surface area contributed by atoms with Gasteiger partial charge in [-0.2, -0.15) is 0 Å². The van der Waals surface area contributed by atoms with E-state index in [1.807, 2.05) is 6.92 Å². The second-order valence-corrected chi connectivity index (χ2v) is 9.64. The summed E-state index contributed by atoms with van der Waals surface area (Å²) in [6.07, 6.45) is 9.09. The van der Waals surface area contributed by atoms with E-state index in [1.54, 1.807) is 15.5 Å². The van der Waals surface area contributed by atoms with Crippen LogP contribution in [0.1, 0.15) is 70.8 Å². The highest BCUT2D eigenvalue weighted by Crippen LogP contribution is 2.32. The van der Waals surface area contributed by atoms with Crippen molar-refractivity contribution < 1.29 is 14.3 Å². The van der Waals surface area contributed by atoms with Crippen molar-refractivity contribution in [1.82, 2.24) is 14.0 Å². The molecule has 9 heteroatoms. The molecule has 0 spiro atoms. The molecule has 1 aromatic heterocycles. The third kappa shape index (κ3) is 5.19. The smallest absolute Gasteiger partial charge is 0.331 e. The van der Waals surface area contributed by atoms with Gasteiger partial charge in [0.1, 0.15) is 5.82 Å². The Hall–Kier alpha value is -2.68. The third-order valence-electron chi connectivity index (χ3n) is 7.36. The minimum absolute atomic E-state index is 0.0314. The normalized spacial score (nSPS) is 17.6. The maximum Gasteiger partial charge on any atom is 0.331 e. The van der Waals surface area contributed by atoms with Gasteiger partial charge < -0.3 is 10.4 Å². The lowest BCUT2D eigenvalue weighted by Crippen LogP contribution is -2.44. The van der Waals surface area contributed by atoms with Crippen LogP contribution in [0.25, 0.3) is 10.9 Å². The quantitative estimate of drug-likeness (QED) is 0.577. The second-order valence-electron chi connectivity index (χ2n) is 9.64. The number of hydrogen-bond donors (Lipinski definition) is 2. The number of nitrogens with zero attached hydrogens (tertiary/aromatic N) is 3. The molecule has 0 amide bonds. The number of halogens is 1. The minimum Gasteiger partial charge on any atom is -0.480 e. The molecule has 2 saturated carbocycles. The average Bonchev–Trinajstić information content (AvgIpc) is 3.34. The Kier molecular flexibility index (Phi) is 7.70. The molecule has 186 valence electrons. The number of carboxylic acids is 1. The van der Waals surface area contributed by atoms with Gasteiger partial charge in [0, 0.05) is 25.2 Å². The molecule has 0 radical (unpaired) electrons. The van der Waals surface area contributed by atoms with Gasteiger partial charge in [0.2, 0.25) is 0 Å². The summed E-state index contributed by atoms with van der Waals surface area (Å²) in [5.41, 5.74) is -0.0909. The first-order chi connectivity index (χ1) is 16.4. The topological polar surface area (TPSA) is 96.6 Å². The van der Waals surface area contributed by atoms with Gasteiger partial charge in [-0.25, -0.2) is 9.18 Å². The van der Waals surface area contributed by atoms with Crippen LogP contribution in [0.4, 0.5) is 10.1 Å². The standard InChI is InChI=1S/C25H35FN4O4/c1-2-28(16-23(31)32)12-13-29-24(33)19-14-20(26)21(27-17-8-4-3-5-9-17)15-22(19)30(25(29)34)18-10-6-7-11-18/h14-15,17-18,27H,2-13,16H2,1H3,(H,31,32). The summed E-state index contributed by atoms with van der Waals surface area (Å²) in [4.78, 5) is 39.7. The Morgan fingerprint density at radius 3 is 2.44 bits per heavy atom. The highest BCUT2D eigenvalue weighted by atomic mass is 19.1. The van der Waals surface area contributed by atoms with Crippen molar-refractivity contribution in [2.24, 2.45) is 0 Å². The van der Waals surface area contributed by atoms with Gasteiger partial charge in [-0.1, -0.05) is 39.0 Å². The molecule has 4 rings (SSSR count). The molecule has 1 heterocycles. The Morgan fingerprint density at radius 2 is 1.79 bits per heavy atom. The summed E-state index contributed by atoms with van der Waals surface area (Å²) in [5, 5.41) is 12.6. The number of aliphatic carboxylic acids is 1. The van der Waals surface area contributed by atoms with E-state index < -0.39 is 23.0 Å². The van der Waals surface area contributed by atoms with Crippen LogP contribution in [0.2, 0.25) is 0 Å². The molecular weight excluding hydrogens is 439 g/mol. The predicted molar refractivity (Wildman–Crippen MR) is 130 cm³/mol.